The van der Waals surface area contributed by atoms with Crippen molar-refractivity contribution in [3.63, 3.8) is 0 Å². The van der Waals surface area contributed by atoms with E-state index in [1.54, 1.807) is 0 Å². The largest absolute Gasteiger partial charge is 0.354 e. The normalized spacial score (nSPS) is 13.3. The Hall–Kier alpha value is -5.32. The molecule has 49 heavy (non-hydrogen) atoms. The minimum Gasteiger partial charge on any atom is -0.354 e. The predicted octanol–water partition coefficient (Wildman–Crippen LogP) is 2.20. The molecule has 0 aliphatic carbocycles. The first-order valence-corrected chi connectivity index (χ1v) is 16.6. The molecule has 4 rings (SSSR count). The quantitative estimate of drug-likeness (QED) is 0.0894. The molecule has 0 aliphatic rings. The number of hydrogen-bond donors (Lipinski definition) is 6. The average molecular weight is 663 g/mol. The molecule has 10 nitrogen and oxygen atoms in total. The Labute approximate surface area is 288 Å². The summed E-state index contributed by atoms with van der Waals surface area (Å²) in [4.78, 5) is 52.6. The highest BCUT2D eigenvalue weighted by Crippen LogP contribution is 2.08. The van der Waals surface area contributed by atoms with Crippen molar-refractivity contribution < 1.29 is 19.2 Å². The van der Waals surface area contributed by atoms with E-state index in [9.17, 15) is 19.2 Å². The zero-order chi connectivity index (χ0) is 34.8. The molecule has 8 N–H and O–H groups in total. The maximum atomic E-state index is 13.3. The Kier molecular flexibility index (Phi) is 14.5. The molecule has 256 valence electrons. The van der Waals surface area contributed by atoms with Crippen LogP contribution in [0.15, 0.2) is 121 Å². The van der Waals surface area contributed by atoms with Crippen molar-refractivity contribution in [3.05, 3.63) is 144 Å². The lowest BCUT2D eigenvalue weighted by Crippen LogP contribution is -2.53. The van der Waals surface area contributed by atoms with Crippen LogP contribution in [-0.4, -0.2) is 60.9 Å². The first kappa shape index (κ1) is 36.5. The van der Waals surface area contributed by atoms with Gasteiger partial charge in [0.25, 0.3) is 0 Å². The van der Waals surface area contributed by atoms with Crippen molar-refractivity contribution in [2.75, 3.05) is 13.1 Å². The number of rotatable bonds is 18. The van der Waals surface area contributed by atoms with Crippen LogP contribution in [0.4, 0.5) is 0 Å². The third-order valence-corrected chi connectivity index (χ3v) is 8.05. The third-order valence-electron chi connectivity index (χ3n) is 8.05. The predicted molar refractivity (Wildman–Crippen MR) is 191 cm³/mol. The molecule has 4 amide bonds. The molecule has 0 aliphatic heterocycles. The topological polar surface area (TPSA) is 168 Å². The molecule has 0 radical (unpaired) electrons. The van der Waals surface area contributed by atoms with E-state index in [-0.39, 0.29) is 24.9 Å². The molecule has 4 atom stereocenters. The zero-order valence-corrected chi connectivity index (χ0v) is 27.6. The Morgan fingerprint density at radius 3 is 1.02 bits per heavy atom. The van der Waals surface area contributed by atoms with E-state index in [1.807, 2.05) is 121 Å². The summed E-state index contributed by atoms with van der Waals surface area (Å²) in [6.45, 7) is 0.516. The van der Waals surface area contributed by atoms with E-state index < -0.39 is 36.0 Å². The molecular weight excluding hydrogens is 616 g/mol. The Morgan fingerprint density at radius 2 is 0.714 bits per heavy atom. The summed E-state index contributed by atoms with van der Waals surface area (Å²) in [6.07, 6.45) is 1.70. The van der Waals surface area contributed by atoms with Crippen LogP contribution in [0.5, 0.6) is 0 Å². The second-order valence-electron chi connectivity index (χ2n) is 12.0. The van der Waals surface area contributed by atoms with E-state index in [2.05, 4.69) is 21.3 Å². The minimum atomic E-state index is -0.836. The van der Waals surface area contributed by atoms with Gasteiger partial charge in [-0.1, -0.05) is 121 Å². The molecule has 4 aromatic rings. The van der Waals surface area contributed by atoms with Gasteiger partial charge < -0.3 is 32.7 Å². The molecule has 0 fully saturated rings. The van der Waals surface area contributed by atoms with Gasteiger partial charge >= 0.3 is 0 Å². The lowest BCUT2D eigenvalue weighted by atomic mass is 10.0. The van der Waals surface area contributed by atoms with E-state index in [0.29, 0.717) is 32.1 Å². The SMILES string of the molecule is N[C@@H](Cc1ccccc1)C(=O)N[C@@H](Cc1ccccc1)C(=O)NCCCNC(=O)[C@H](Cc1ccccc1)NC(=O)[C@@H](N)Cc1ccccc1. The van der Waals surface area contributed by atoms with Crippen LogP contribution in [-0.2, 0) is 44.9 Å². The number of benzene rings is 4. The van der Waals surface area contributed by atoms with Gasteiger partial charge in [-0.15, -0.1) is 0 Å². The van der Waals surface area contributed by atoms with E-state index in [0.717, 1.165) is 22.3 Å². The average Bonchev–Trinajstić information content (AvgIpc) is 3.12. The van der Waals surface area contributed by atoms with Gasteiger partial charge in [-0.3, -0.25) is 19.2 Å². The van der Waals surface area contributed by atoms with Crippen molar-refractivity contribution in [1.29, 1.82) is 0 Å². The van der Waals surface area contributed by atoms with Crippen LogP contribution < -0.4 is 32.7 Å². The standard InChI is InChI=1S/C39H46N6O4/c40-32(24-28-14-5-1-6-15-28)36(46)44-34(26-30-18-9-3-10-19-30)38(48)42-22-13-23-43-39(49)35(27-31-20-11-4-12-21-31)45-37(47)33(41)25-29-16-7-2-8-17-29/h1-12,14-21,32-35H,13,22-27,40-41H2,(H,42,48)(H,43,49)(H,44,46)(H,45,47)/t32-,33-,34-,35-/m0/s1. The summed E-state index contributed by atoms with van der Waals surface area (Å²) < 4.78 is 0. The summed E-state index contributed by atoms with van der Waals surface area (Å²) in [7, 11) is 0. The molecule has 0 saturated carbocycles. The number of carbonyl (C=O) groups excluding carboxylic acids is 4. The van der Waals surface area contributed by atoms with Gasteiger partial charge in [-0.05, 0) is 41.5 Å². The Balaban J connectivity index is 1.29. The van der Waals surface area contributed by atoms with Crippen molar-refractivity contribution in [2.24, 2.45) is 11.5 Å². The molecular formula is C39H46N6O4. The Bertz CT molecular complexity index is 1490. The second kappa shape index (κ2) is 19.5. The summed E-state index contributed by atoms with van der Waals surface area (Å²) in [5.74, 6) is -1.53. The molecule has 10 heteroatoms. The van der Waals surface area contributed by atoms with Gasteiger partial charge in [0.2, 0.25) is 23.6 Å². The summed E-state index contributed by atoms with van der Waals surface area (Å²) >= 11 is 0. The lowest BCUT2D eigenvalue weighted by molar-refractivity contribution is -0.129. The van der Waals surface area contributed by atoms with Gasteiger partial charge in [0.1, 0.15) is 12.1 Å². The van der Waals surface area contributed by atoms with Gasteiger partial charge in [-0.2, -0.15) is 0 Å². The number of nitrogens with two attached hydrogens (primary N) is 2. The number of hydrogen-bond acceptors (Lipinski definition) is 6. The van der Waals surface area contributed by atoms with Crippen LogP contribution in [0.2, 0.25) is 0 Å². The highest BCUT2D eigenvalue weighted by atomic mass is 16.2. The highest BCUT2D eigenvalue weighted by molar-refractivity contribution is 5.91. The lowest BCUT2D eigenvalue weighted by Gasteiger charge is -2.22. The molecule has 0 unspecified atom stereocenters. The van der Waals surface area contributed by atoms with Crippen LogP contribution in [0, 0.1) is 0 Å². The monoisotopic (exact) mass is 662 g/mol. The summed E-state index contributed by atoms with van der Waals surface area (Å²) in [5, 5.41) is 11.4. The highest BCUT2D eigenvalue weighted by Gasteiger charge is 2.26. The molecule has 4 aromatic carbocycles. The van der Waals surface area contributed by atoms with Crippen molar-refractivity contribution >= 4 is 23.6 Å². The van der Waals surface area contributed by atoms with E-state index >= 15 is 0 Å². The fourth-order valence-electron chi connectivity index (χ4n) is 5.36. The summed E-state index contributed by atoms with van der Waals surface area (Å²) in [5.41, 5.74) is 16.0. The summed E-state index contributed by atoms with van der Waals surface area (Å²) in [6, 6.07) is 34.5. The molecule has 0 spiro atoms. The van der Waals surface area contributed by atoms with Crippen LogP contribution >= 0.6 is 0 Å². The molecule has 0 heterocycles. The van der Waals surface area contributed by atoms with Gasteiger partial charge in [-0.25, -0.2) is 0 Å². The molecule has 0 saturated heterocycles. The second-order valence-corrected chi connectivity index (χ2v) is 12.0. The fraction of sp³-hybridized carbons (Fsp3) is 0.282. The van der Waals surface area contributed by atoms with Crippen LogP contribution in [0.3, 0.4) is 0 Å². The maximum absolute atomic E-state index is 13.3. The number of nitrogens with one attached hydrogen (secondary N) is 4. The number of amides is 4. The van der Waals surface area contributed by atoms with E-state index in [1.165, 1.54) is 0 Å². The fourth-order valence-corrected chi connectivity index (χ4v) is 5.36. The third kappa shape index (κ3) is 12.7. The van der Waals surface area contributed by atoms with Crippen molar-refractivity contribution in [2.45, 2.75) is 56.3 Å². The van der Waals surface area contributed by atoms with E-state index in [4.69, 9.17) is 11.5 Å². The molecule has 0 bridgehead atoms. The van der Waals surface area contributed by atoms with Crippen LogP contribution in [0.25, 0.3) is 0 Å². The van der Waals surface area contributed by atoms with Gasteiger partial charge in [0.15, 0.2) is 0 Å². The van der Waals surface area contributed by atoms with Gasteiger partial charge in [0.05, 0.1) is 12.1 Å². The first-order chi connectivity index (χ1) is 23.8. The zero-order valence-electron chi connectivity index (χ0n) is 27.6. The Morgan fingerprint density at radius 1 is 0.429 bits per heavy atom. The first-order valence-electron chi connectivity index (χ1n) is 16.6. The van der Waals surface area contributed by atoms with Crippen LogP contribution in [0.1, 0.15) is 28.7 Å². The maximum Gasteiger partial charge on any atom is 0.242 e. The molecule has 0 aromatic heterocycles. The smallest absolute Gasteiger partial charge is 0.242 e. The van der Waals surface area contributed by atoms with Crippen molar-refractivity contribution in [1.82, 2.24) is 21.3 Å². The van der Waals surface area contributed by atoms with Crippen molar-refractivity contribution in [3.8, 4) is 0 Å². The van der Waals surface area contributed by atoms with Gasteiger partial charge in [0, 0.05) is 25.9 Å². The number of carbonyl (C=O) groups is 4. The minimum absolute atomic E-state index is 0.258.